The average Bonchev–Trinajstić information content (AvgIpc) is 3.10. The minimum Gasteiger partial charge on any atom is -0.491 e. The SMILES string of the molecule is C[C@@H]1CN(c2cccc(-c3ccc4cnc(CNC(=O)c5cc(Cl)c6c(c5)S(=O)(=O)[C@@H](C)CCO6)cc4n3)n2)C[C@H](C)O1. The van der Waals surface area contributed by atoms with Crippen LogP contribution in [0.15, 0.2) is 59.6 Å². The number of hydrogen-bond acceptors (Lipinski definition) is 9. The summed E-state index contributed by atoms with van der Waals surface area (Å²) in [6.07, 6.45) is 2.29. The first-order valence-corrected chi connectivity index (χ1v) is 16.1. The fourth-order valence-corrected chi connectivity index (χ4v) is 7.32. The van der Waals surface area contributed by atoms with E-state index in [1.54, 1.807) is 13.1 Å². The smallest absolute Gasteiger partial charge is 0.251 e. The maximum absolute atomic E-state index is 13.1. The van der Waals surface area contributed by atoms with E-state index in [9.17, 15) is 13.2 Å². The van der Waals surface area contributed by atoms with Crippen LogP contribution in [-0.4, -0.2) is 66.4 Å². The number of fused-ring (bicyclic) bond motifs is 2. The number of hydrogen-bond donors (Lipinski definition) is 1. The zero-order chi connectivity index (χ0) is 30.3. The Balaban J connectivity index is 1.21. The fraction of sp³-hybridized carbons (Fsp3) is 0.355. The molecule has 43 heavy (non-hydrogen) atoms. The molecule has 5 heterocycles. The van der Waals surface area contributed by atoms with Gasteiger partial charge in [0.2, 0.25) is 0 Å². The minimum absolute atomic E-state index is 0.0639. The lowest BCUT2D eigenvalue weighted by molar-refractivity contribution is -0.00545. The van der Waals surface area contributed by atoms with E-state index in [-0.39, 0.29) is 46.6 Å². The van der Waals surface area contributed by atoms with E-state index in [1.165, 1.54) is 12.1 Å². The number of rotatable bonds is 5. The summed E-state index contributed by atoms with van der Waals surface area (Å²) in [6.45, 7) is 7.63. The number of pyridine rings is 3. The number of carbonyl (C=O) groups is 1. The number of ether oxygens (including phenoxy) is 2. The third-order valence-electron chi connectivity index (χ3n) is 7.68. The topological polar surface area (TPSA) is 124 Å². The van der Waals surface area contributed by atoms with Crippen molar-refractivity contribution in [2.75, 3.05) is 24.6 Å². The van der Waals surface area contributed by atoms with E-state index >= 15 is 0 Å². The summed E-state index contributed by atoms with van der Waals surface area (Å²) >= 11 is 6.35. The molecule has 12 heteroatoms. The highest BCUT2D eigenvalue weighted by Crippen LogP contribution is 2.38. The second kappa shape index (κ2) is 11.7. The molecule has 4 aromatic rings. The van der Waals surface area contributed by atoms with Crippen LogP contribution >= 0.6 is 11.6 Å². The van der Waals surface area contributed by atoms with Crippen LogP contribution in [-0.2, 0) is 21.1 Å². The Morgan fingerprint density at radius 2 is 1.81 bits per heavy atom. The molecule has 1 N–H and O–H groups in total. The maximum atomic E-state index is 13.1. The van der Waals surface area contributed by atoms with Gasteiger partial charge >= 0.3 is 0 Å². The predicted molar refractivity (Wildman–Crippen MR) is 164 cm³/mol. The molecule has 0 bridgehead atoms. The Morgan fingerprint density at radius 1 is 1.05 bits per heavy atom. The highest BCUT2D eigenvalue weighted by Gasteiger charge is 2.32. The number of halogens is 1. The first-order valence-electron chi connectivity index (χ1n) is 14.2. The molecule has 2 aliphatic heterocycles. The quantitative estimate of drug-likeness (QED) is 0.334. The van der Waals surface area contributed by atoms with Gasteiger partial charge in [0.1, 0.15) is 10.7 Å². The predicted octanol–water partition coefficient (Wildman–Crippen LogP) is 4.83. The first kappa shape index (κ1) is 29.3. The summed E-state index contributed by atoms with van der Waals surface area (Å²) in [6, 6.07) is 14.3. The van der Waals surface area contributed by atoms with Crippen molar-refractivity contribution < 1.29 is 22.7 Å². The van der Waals surface area contributed by atoms with Crippen molar-refractivity contribution in [1.29, 1.82) is 0 Å². The van der Waals surface area contributed by atoms with Crippen molar-refractivity contribution in [3.8, 4) is 17.1 Å². The molecular weight excluding hydrogens is 590 g/mol. The Labute approximate surface area is 255 Å². The molecule has 3 aromatic heterocycles. The van der Waals surface area contributed by atoms with Gasteiger partial charge in [0.05, 0.1) is 58.2 Å². The van der Waals surface area contributed by atoms with Crippen molar-refractivity contribution in [3.05, 3.63) is 71.0 Å². The van der Waals surface area contributed by atoms with E-state index < -0.39 is 21.0 Å². The third-order valence-corrected chi connectivity index (χ3v) is 10.2. The fourth-order valence-electron chi connectivity index (χ4n) is 5.43. The van der Waals surface area contributed by atoms with E-state index in [0.717, 1.165) is 35.7 Å². The molecule has 0 spiro atoms. The van der Waals surface area contributed by atoms with Gasteiger partial charge in [-0.25, -0.2) is 18.4 Å². The van der Waals surface area contributed by atoms with Gasteiger partial charge in [-0.1, -0.05) is 17.7 Å². The summed E-state index contributed by atoms with van der Waals surface area (Å²) in [5.74, 6) is 0.495. The van der Waals surface area contributed by atoms with Crippen LogP contribution in [0.25, 0.3) is 22.3 Å². The second-order valence-electron chi connectivity index (χ2n) is 11.1. The van der Waals surface area contributed by atoms with Gasteiger partial charge < -0.3 is 19.7 Å². The van der Waals surface area contributed by atoms with Crippen LogP contribution in [0, 0.1) is 0 Å². The molecule has 1 aromatic carbocycles. The van der Waals surface area contributed by atoms with Gasteiger partial charge in [-0.3, -0.25) is 9.78 Å². The van der Waals surface area contributed by atoms with Crippen LogP contribution in [0.5, 0.6) is 5.75 Å². The van der Waals surface area contributed by atoms with E-state index in [4.69, 9.17) is 31.0 Å². The molecular formula is C31H32ClN5O5S. The first-order chi connectivity index (χ1) is 20.6. The largest absolute Gasteiger partial charge is 0.491 e. The molecule has 3 atom stereocenters. The zero-order valence-corrected chi connectivity index (χ0v) is 25.7. The number of sulfone groups is 1. The summed E-state index contributed by atoms with van der Waals surface area (Å²) in [7, 11) is -3.69. The van der Waals surface area contributed by atoms with Gasteiger partial charge in [0.25, 0.3) is 5.91 Å². The van der Waals surface area contributed by atoms with Crippen LogP contribution in [0.2, 0.25) is 5.02 Å². The van der Waals surface area contributed by atoms with E-state index in [0.29, 0.717) is 17.6 Å². The molecule has 1 fully saturated rings. The van der Waals surface area contributed by atoms with Crippen molar-refractivity contribution >= 4 is 44.1 Å². The second-order valence-corrected chi connectivity index (χ2v) is 13.8. The monoisotopic (exact) mass is 621 g/mol. The van der Waals surface area contributed by atoms with Crippen LogP contribution < -0.4 is 15.0 Å². The molecule has 0 unspecified atom stereocenters. The molecule has 1 amide bonds. The average molecular weight is 622 g/mol. The van der Waals surface area contributed by atoms with Crippen LogP contribution in [0.1, 0.15) is 43.2 Å². The number of morpholine rings is 1. The van der Waals surface area contributed by atoms with E-state index in [2.05, 4.69) is 29.0 Å². The van der Waals surface area contributed by atoms with Gasteiger partial charge in [0.15, 0.2) is 15.6 Å². The number of anilines is 1. The molecule has 6 rings (SSSR count). The Hall–Kier alpha value is -3.80. The van der Waals surface area contributed by atoms with Crippen molar-refractivity contribution in [3.63, 3.8) is 0 Å². The number of nitrogens with zero attached hydrogens (tertiary/aromatic N) is 4. The summed E-state index contributed by atoms with van der Waals surface area (Å²) < 4.78 is 37.5. The maximum Gasteiger partial charge on any atom is 0.251 e. The van der Waals surface area contributed by atoms with Crippen molar-refractivity contribution in [2.24, 2.45) is 0 Å². The molecule has 1 saturated heterocycles. The van der Waals surface area contributed by atoms with Gasteiger partial charge in [0, 0.05) is 30.2 Å². The molecule has 0 aliphatic carbocycles. The Morgan fingerprint density at radius 3 is 2.60 bits per heavy atom. The summed E-state index contributed by atoms with van der Waals surface area (Å²) in [5, 5.41) is 3.10. The van der Waals surface area contributed by atoms with Gasteiger partial charge in [-0.2, -0.15) is 0 Å². The van der Waals surface area contributed by atoms with Crippen LogP contribution in [0.3, 0.4) is 0 Å². The lowest BCUT2D eigenvalue weighted by Gasteiger charge is -2.36. The third kappa shape index (κ3) is 6.02. The molecule has 0 saturated carbocycles. The highest BCUT2D eigenvalue weighted by atomic mass is 35.5. The van der Waals surface area contributed by atoms with Gasteiger partial charge in [-0.15, -0.1) is 0 Å². The Bertz CT molecular complexity index is 1810. The molecule has 0 radical (unpaired) electrons. The molecule has 224 valence electrons. The van der Waals surface area contributed by atoms with E-state index in [1.807, 2.05) is 36.4 Å². The highest BCUT2D eigenvalue weighted by molar-refractivity contribution is 7.92. The molecule has 10 nitrogen and oxygen atoms in total. The Kier molecular flexibility index (Phi) is 7.97. The summed E-state index contributed by atoms with van der Waals surface area (Å²) in [5.41, 5.74) is 2.91. The standard InChI is InChI=1S/C31H32ClN5O5S/c1-18-16-37(17-19(2)42-18)29-6-4-5-25(36-29)26-8-7-21-14-33-23(13-27(21)35-26)15-34-31(38)22-11-24(32)30-28(12-22)43(39,40)20(3)9-10-41-30/h4-8,11-14,18-20H,9-10,15-17H2,1-3H3,(H,34,38)/t18-,19+,20-/m0/s1. The van der Waals surface area contributed by atoms with Crippen LogP contribution in [0.4, 0.5) is 5.82 Å². The number of aromatic nitrogens is 3. The number of nitrogens with one attached hydrogen (secondary N) is 1. The summed E-state index contributed by atoms with van der Waals surface area (Å²) in [4.78, 5) is 29.4. The normalized spacial score (nSPS) is 21.5. The minimum atomic E-state index is -3.69. The number of amides is 1. The zero-order valence-electron chi connectivity index (χ0n) is 24.1. The number of benzene rings is 1. The lowest BCUT2D eigenvalue weighted by atomic mass is 10.1. The van der Waals surface area contributed by atoms with Crippen molar-refractivity contribution in [2.45, 2.75) is 56.1 Å². The lowest BCUT2D eigenvalue weighted by Crippen LogP contribution is -2.45. The van der Waals surface area contributed by atoms with Crippen molar-refractivity contribution in [1.82, 2.24) is 20.3 Å². The van der Waals surface area contributed by atoms with Gasteiger partial charge in [-0.05, 0) is 69.7 Å². The number of carbonyl (C=O) groups excluding carboxylic acids is 1. The molecule has 2 aliphatic rings.